The zero-order valence-electron chi connectivity index (χ0n) is 15.9. The van der Waals surface area contributed by atoms with Crippen molar-refractivity contribution in [3.8, 4) is 22.4 Å². The molecule has 0 saturated heterocycles. The van der Waals surface area contributed by atoms with Gasteiger partial charge in [-0.15, -0.1) is 0 Å². The van der Waals surface area contributed by atoms with Gasteiger partial charge >= 0.3 is 0 Å². The van der Waals surface area contributed by atoms with Gasteiger partial charge in [-0.05, 0) is 48.1 Å². The van der Waals surface area contributed by atoms with E-state index in [-0.39, 0.29) is 11.9 Å². The standard InChI is InChI=1S/C23H24ClN3O/c1-2-23(28)26-20-11-12-21(13-20)27-15-25-14-22(27)18-5-3-16(4-6-18)17-7-9-19(24)10-8-17/h3-10,14-15,20-21H,2,11-13H2,1H3,(H,26,28)/t20?,21-/m1/s1. The smallest absolute Gasteiger partial charge is 0.219 e. The van der Waals surface area contributed by atoms with Crippen molar-refractivity contribution >= 4 is 17.5 Å². The van der Waals surface area contributed by atoms with Gasteiger partial charge in [0, 0.05) is 23.5 Å². The first-order valence-corrected chi connectivity index (χ1v) is 10.2. The lowest BCUT2D eigenvalue weighted by atomic mass is 10.0. The lowest BCUT2D eigenvalue weighted by molar-refractivity contribution is -0.121. The van der Waals surface area contributed by atoms with Gasteiger partial charge in [0.15, 0.2) is 0 Å². The van der Waals surface area contributed by atoms with E-state index in [0.29, 0.717) is 12.5 Å². The van der Waals surface area contributed by atoms with Gasteiger partial charge in [0.05, 0.1) is 18.2 Å². The van der Waals surface area contributed by atoms with Crippen LogP contribution in [-0.4, -0.2) is 21.5 Å². The Morgan fingerprint density at radius 3 is 2.39 bits per heavy atom. The zero-order chi connectivity index (χ0) is 19.5. The van der Waals surface area contributed by atoms with Crippen molar-refractivity contribution in [2.45, 2.75) is 44.7 Å². The van der Waals surface area contributed by atoms with Gasteiger partial charge in [-0.1, -0.05) is 54.9 Å². The Labute approximate surface area is 170 Å². The fourth-order valence-corrected chi connectivity index (χ4v) is 4.09. The van der Waals surface area contributed by atoms with E-state index in [0.717, 1.165) is 46.7 Å². The summed E-state index contributed by atoms with van der Waals surface area (Å²) < 4.78 is 2.26. The van der Waals surface area contributed by atoms with Crippen LogP contribution in [0.2, 0.25) is 5.02 Å². The largest absolute Gasteiger partial charge is 0.353 e. The summed E-state index contributed by atoms with van der Waals surface area (Å²) in [7, 11) is 0. The lowest BCUT2D eigenvalue weighted by Gasteiger charge is -2.17. The zero-order valence-corrected chi connectivity index (χ0v) is 16.7. The first-order valence-electron chi connectivity index (χ1n) is 9.81. The third-order valence-electron chi connectivity index (χ3n) is 5.51. The fourth-order valence-electron chi connectivity index (χ4n) is 3.97. The number of nitrogens with one attached hydrogen (secondary N) is 1. The van der Waals surface area contributed by atoms with Crippen LogP contribution in [0, 0.1) is 0 Å². The van der Waals surface area contributed by atoms with Crippen LogP contribution in [0.5, 0.6) is 0 Å². The van der Waals surface area contributed by atoms with Gasteiger partial charge in [-0.3, -0.25) is 4.79 Å². The molecule has 2 atom stereocenters. The molecule has 144 valence electrons. The predicted octanol–water partition coefficient (Wildman–Crippen LogP) is 5.49. The van der Waals surface area contributed by atoms with Gasteiger partial charge in [0.1, 0.15) is 0 Å². The van der Waals surface area contributed by atoms with E-state index in [4.69, 9.17) is 11.6 Å². The van der Waals surface area contributed by atoms with Crippen LogP contribution in [0.4, 0.5) is 0 Å². The molecule has 0 radical (unpaired) electrons. The number of hydrogen-bond acceptors (Lipinski definition) is 2. The summed E-state index contributed by atoms with van der Waals surface area (Å²) in [5, 5.41) is 3.87. The number of nitrogens with zero attached hydrogens (tertiary/aromatic N) is 2. The third-order valence-corrected chi connectivity index (χ3v) is 5.76. The van der Waals surface area contributed by atoms with E-state index in [2.05, 4.69) is 39.1 Å². The Balaban J connectivity index is 1.51. The van der Waals surface area contributed by atoms with Crippen molar-refractivity contribution in [2.24, 2.45) is 0 Å². The molecule has 4 rings (SSSR count). The second-order valence-electron chi connectivity index (χ2n) is 7.36. The maximum atomic E-state index is 11.7. The first kappa shape index (κ1) is 18.8. The molecule has 5 heteroatoms. The molecule has 1 heterocycles. The summed E-state index contributed by atoms with van der Waals surface area (Å²) in [5.74, 6) is 0.134. The molecular formula is C23H24ClN3O. The van der Waals surface area contributed by atoms with Crippen LogP contribution in [0.1, 0.15) is 38.6 Å². The summed E-state index contributed by atoms with van der Waals surface area (Å²) in [6.07, 6.45) is 7.41. The molecule has 1 aromatic heterocycles. The Morgan fingerprint density at radius 1 is 1.07 bits per heavy atom. The molecular weight excluding hydrogens is 370 g/mol. The minimum Gasteiger partial charge on any atom is -0.353 e. The number of amides is 1. The minimum atomic E-state index is 0.134. The number of rotatable bonds is 5. The number of benzene rings is 2. The van der Waals surface area contributed by atoms with Gasteiger partial charge in [-0.25, -0.2) is 4.98 Å². The van der Waals surface area contributed by atoms with E-state index < -0.39 is 0 Å². The Kier molecular flexibility index (Phi) is 5.49. The number of hydrogen-bond donors (Lipinski definition) is 1. The van der Waals surface area contributed by atoms with Crippen LogP contribution < -0.4 is 5.32 Å². The van der Waals surface area contributed by atoms with Crippen molar-refractivity contribution in [1.82, 2.24) is 14.9 Å². The van der Waals surface area contributed by atoms with Crippen LogP contribution in [0.3, 0.4) is 0 Å². The van der Waals surface area contributed by atoms with E-state index in [1.807, 2.05) is 43.7 Å². The van der Waals surface area contributed by atoms with E-state index in [1.165, 1.54) is 0 Å². The maximum absolute atomic E-state index is 11.7. The highest BCUT2D eigenvalue weighted by Crippen LogP contribution is 2.34. The molecule has 28 heavy (non-hydrogen) atoms. The second kappa shape index (κ2) is 8.19. The Morgan fingerprint density at radius 2 is 1.71 bits per heavy atom. The van der Waals surface area contributed by atoms with E-state index in [9.17, 15) is 4.79 Å². The summed E-state index contributed by atoms with van der Waals surface area (Å²) in [5.41, 5.74) is 4.58. The summed E-state index contributed by atoms with van der Waals surface area (Å²) in [6.45, 7) is 1.89. The normalized spacial score (nSPS) is 18.9. The molecule has 0 spiro atoms. The van der Waals surface area contributed by atoms with Gasteiger partial charge in [-0.2, -0.15) is 0 Å². The Hall–Kier alpha value is -2.59. The van der Waals surface area contributed by atoms with Gasteiger partial charge in [0.2, 0.25) is 5.91 Å². The topological polar surface area (TPSA) is 46.9 Å². The Bertz CT molecular complexity index is 947. The van der Waals surface area contributed by atoms with Crippen LogP contribution in [0.15, 0.2) is 61.1 Å². The number of carbonyl (C=O) groups is 1. The van der Waals surface area contributed by atoms with Crippen LogP contribution in [0.25, 0.3) is 22.4 Å². The molecule has 4 nitrogen and oxygen atoms in total. The van der Waals surface area contributed by atoms with Crippen molar-refractivity contribution in [2.75, 3.05) is 0 Å². The SMILES string of the molecule is CCC(=O)NC1CC[C@@H](n2cncc2-c2ccc(-c3ccc(Cl)cc3)cc2)C1. The molecule has 0 bridgehead atoms. The van der Waals surface area contributed by atoms with E-state index in [1.54, 1.807) is 0 Å². The highest BCUT2D eigenvalue weighted by molar-refractivity contribution is 6.30. The molecule has 1 aliphatic rings. The van der Waals surface area contributed by atoms with Crippen molar-refractivity contribution in [3.05, 3.63) is 66.1 Å². The predicted molar refractivity (Wildman–Crippen MR) is 113 cm³/mol. The fraction of sp³-hybridized carbons (Fsp3) is 0.304. The monoisotopic (exact) mass is 393 g/mol. The summed E-state index contributed by atoms with van der Waals surface area (Å²) in [6, 6.07) is 17.1. The molecule has 3 aromatic rings. The maximum Gasteiger partial charge on any atom is 0.219 e. The highest BCUT2D eigenvalue weighted by Gasteiger charge is 2.28. The summed E-state index contributed by atoms with van der Waals surface area (Å²) >= 11 is 5.98. The first-order chi connectivity index (χ1) is 13.6. The van der Waals surface area contributed by atoms with Gasteiger partial charge in [0.25, 0.3) is 0 Å². The van der Waals surface area contributed by atoms with Crippen molar-refractivity contribution in [3.63, 3.8) is 0 Å². The quantitative estimate of drug-likeness (QED) is 0.623. The highest BCUT2D eigenvalue weighted by atomic mass is 35.5. The molecule has 1 amide bonds. The van der Waals surface area contributed by atoms with E-state index >= 15 is 0 Å². The number of carbonyl (C=O) groups excluding carboxylic acids is 1. The van der Waals surface area contributed by atoms with Crippen LogP contribution >= 0.6 is 11.6 Å². The molecule has 1 saturated carbocycles. The summed E-state index contributed by atoms with van der Waals surface area (Å²) in [4.78, 5) is 16.1. The van der Waals surface area contributed by atoms with Gasteiger partial charge < -0.3 is 9.88 Å². The van der Waals surface area contributed by atoms with Crippen molar-refractivity contribution in [1.29, 1.82) is 0 Å². The molecule has 1 unspecified atom stereocenters. The average Bonchev–Trinajstić information content (AvgIpc) is 3.38. The number of halogens is 1. The lowest BCUT2D eigenvalue weighted by Crippen LogP contribution is -2.32. The molecule has 2 aromatic carbocycles. The number of imidazole rings is 1. The minimum absolute atomic E-state index is 0.134. The number of aromatic nitrogens is 2. The second-order valence-corrected chi connectivity index (χ2v) is 7.79. The molecule has 1 N–H and O–H groups in total. The molecule has 0 aliphatic heterocycles. The van der Waals surface area contributed by atoms with Crippen molar-refractivity contribution < 1.29 is 4.79 Å². The average molecular weight is 394 g/mol. The molecule has 1 aliphatic carbocycles. The van der Waals surface area contributed by atoms with Crippen LogP contribution in [-0.2, 0) is 4.79 Å². The molecule has 1 fully saturated rings. The third kappa shape index (κ3) is 3.97.